The Labute approximate surface area is 190 Å². The average molecular weight is 467 g/mol. The second-order valence-corrected chi connectivity index (χ2v) is 10.5. The van der Waals surface area contributed by atoms with Crippen LogP contribution in [-0.2, 0) is 19.6 Å². The molecule has 1 aliphatic carbocycles. The number of hydrogen-bond acceptors (Lipinski definition) is 6. The van der Waals surface area contributed by atoms with E-state index in [-0.39, 0.29) is 28.2 Å². The van der Waals surface area contributed by atoms with Gasteiger partial charge in [-0.15, -0.1) is 0 Å². The Balaban J connectivity index is 1.71. The lowest BCUT2D eigenvalue weighted by Gasteiger charge is -2.31. The third-order valence-corrected chi connectivity index (χ3v) is 8.33. The van der Waals surface area contributed by atoms with E-state index in [9.17, 15) is 18.0 Å². The summed E-state index contributed by atoms with van der Waals surface area (Å²) >= 11 is 0. The topological polar surface area (TPSA) is 93.2 Å². The summed E-state index contributed by atoms with van der Waals surface area (Å²) < 4.78 is 38.2. The average Bonchev–Trinajstić information content (AvgIpc) is 3.12. The van der Waals surface area contributed by atoms with Crippen molar-refractivity contribution in [2.45, 2.75) is 68.7 Å². The standard InChI is InChI=1S/C23H34N2O6S/c1-24(18-10-6-5-7-11-18)22(26)17-31-23(27)20-16-19(12-13-21(20)30-2)32(28,29)25-14-8-3-4-9-15-25/h12-13,16,18H,3-11,14-15,17H2,1-2H3. The van der Waals surface area contributed by atoms with Gasteiger partial charge in [-0.05, 0) is 43.9 Å². The van der Waals surface area contributed by atoms with E-state index in [1.807, 2.05) is 0 Å². The summed E-state index contributed by atoms with van der Waals surface area (Å²) in [6, 6.07) is 4.36. The maximum absolute atomic E-state index is 13.1. The van der Waals surface area contributed by atoms with Crippen LogP contribution in [0.15, 0.2) is 23.1 Å². The molecule has 1 heterocycles. The van der Waals surface area contributed by atoms with Gasteiger partial charge in [-0.1, -0.05) is 32.1 Å². The van der Waals surface area contributed by atoms with E-state index in [2.05, 4.69) is 0 Å². The number of nitrogens with zero attached hydrogens (tertiary/aromatic N) is 2. The second kappa shape index (κ2) is 11.1. The van der Waals surface area contributed by atoms with Gasteiger partial charge in [0.25, 0.3) is 5.91 Å². The molecule has 8 nitrogen and oxygen atoms in total. The predicted molar refractivity (Wildman–Crippen MR) is 120 cm³/mol. The van der Waals surface area contributed by atoms with Crippen LogP contribution in [0.4, 0.5) is 0 Å². The molecule has 178 valence electrons. The molecule has 2 aliphatic rings. The van der Waals surface area contributed by atoms with Gasteiger partial charge in [-0.3, -0.25) is 4.79 Å². The van der Waals surface area contributed by atoms with Crippen LogP contribution in [0.2, 0.25) is 0 Å². The lowest BCUT2D eigenvalue weighted by atomic mass is 9.94. The van der Waals surface area contributed by atoms with Gasteiger partial charge in [-0.2, -0.15) is 4.31 Å². The fraction of sp³-hybridized carbons (Fsp3) is 0.652. The number of benzene rings is 1. The zero-order valence-corrected chi connectivity index (χ0v) is 19.9. The predicted octanol–water partition coefficient (Wildman–Crippen LogP) is 3.21. The number of esters is 1. The van der Waals surface area contributed by atoms with E-state index in [1.165, 1.54) is 36.0 Å². The molecule has 1 amide bonds. The maximum atomic E-state index is 13.1. The first-order valence-corrected chi connectivity index (χ1v) is 12.9. The Bertz CT molecular complexity index is 903. The van der Waals surface area contributed by atoms with Crippen molar-refractivity contribution in [2.24, 2.45) is 0 Å². The smallest absolute Gasteiger partial charge is 0.342 e. The molecule has 32 heavy (non-hydrogen) atoms. The summed E-state index contributed by atoms with van der Waals surface area (Å²) in [5.41, 5.74) is -0.00323. The molecule has 0 aromatic heterocycles. The van der Waals surface area contributed by atoms with Crippen LogP contribution in [0.5, 0.6) is 5.75 Å². The first kappa shape index (κ1) is 24.5. The van der Waals surface area contributed by atoms with Crippen molar-refractivity contribution in [1.82, 2.24) is 9.21 Å². The molecule has 1 saturated carbocycles. The molecule has 0 spiro atoms. The Morgan fingerprint density at radius 1 is 1.03 bits per heavy atom. The van der Waals surface area contributed by atoms with Crippen molar-refractivity contribution in [1.29, 1.82) is 0 Å². The fourth-order valence-corrected chi connectivity index (χ4v) is 5.96. The fourth-order valence-electron chi connectivity index (χ4n) is 4.42. The van der Waals surface area contributed by atoms with Crippen molar-refractivity contribution >= 4 is 21.9 Å². The van der Waals surface area contributed by atoms with Crippen LogP contribution < -0.4 is 4.74 Å². The number of carbonyl (C=O) groups excluding carboxylic acids is 2. The molecule has 0 atom stereocenters. The van der Waals surface area contributed by atoms with Crippen molar-refractivity contribution in [3.05, 3.63) is 23.8 Å². The molecule has 1 saturated heterocycles. The highest BCUT2D eigenvalue weighted by molar-refractivity contribution is 7.89. The molecular formula is C23H34N2O6S. The van der Waals surface area contributed by atoms with Crippen molar-refractivity contribution in [3.63, 3.8) is 0 Å². The van der Waals surface area contributed by atoms with Crippen LogP contribution >= 0.6 is 0 Å². The first-order valence-electron chi connectivity index (χ1n) is 11.5. The van der Waals surface area contributed by atoms with E-state index in [0.717, 1.165) is 51.4 Å². The molecule has 9 heteroatoms. The zero-order valence-electron chi connectivity index (χ0n) is 19.0. The van der Waals surface area contributed by atoms with E-state index in [1.54, 1.807) is 11.9 Å². The van der Waals surface area contributed by atoms with E-state index < -0.39 is 22.6 Å². The highest BCUT2D eigenvalue weighted by atomic mass is 32.2. The lowest BCUT2D eigenvalue weighted by molar-refractivity contribution is -0.135. The summed E-state index contributed by atoms with van der Waals surface area (Å²) in [5.74, 6) is -0.837. The van der Waals surface area contributed by atoms with Crippen molar-refractivity contribution in [2.75, 3.05) is 33.9 Å². The van der Waals surface area contributed by atoms with E-state index in [0.29, 0.717) is 13.1 Å². The minimum absolute atomic E-state index is 0.00323. The molecule has 1 aliphatic heterocycles. The summed E-state index contributed by atoms with van der Waals surface area (Å²) in [7, 11) is -0.594. The molecule has 0 bridgehead atoms. The summed E-state index contributed by atoms with van der Waals surface area (Å²) in [4.78, 5) is 27.0. The number of amides is 1. The number of methoxy groups -OCH3 is 1. The van der Waals surface area contributed by atoms with Crippen molar-refractivity contribution < 1.29 is 27.5 Å². The van der Waals surface area contributed by atoms with Gasteiger partial charge in [-0.25, -0.2) is 13.2 Å². The maximum Gasteiger partial charge on any atom is 0.342 e. The number of carbonyl (C=O) groups is 2. The lowest BCUT2D eigenvalue weighted by Crippen LogP contribution is -2.40. The minimum Gasteiger partial charge on any atom is -0.496 e. The normalized spacial score (nSPS) is 18.6. The first-order chi connectivity index (χ1) is 15.3. The van der Waals surface area contributed by atoms with Gasteiger partial charge in [0, 0.05) is 26.2 Å². The SMILES string of the molecule is COc1ccc(S(=O)(=O)N2CCCCCC2)cc1C(=O)OCC(=O)N(C)C1CCCCC1. The van der Waals surface area contributed by atoms with Gasteiger partial charge in [0.2, 0.25) is 10.0 Å². The number of ether oxygens (including phenoxy) is 2. The van der Waals surface area contributed by atoms with Gasteiger partial charge >= 0.3 is 5.97 Å². The Morgan fingerprint density at radius 2 is 1.66 bits per heavy atom. The monoisotopic (exact) mass is 466 g/mol. The molecule has 1 aromatic rings. The molecule has 2 fully saturated rings. The second-order valence-electron chi connectivity index (χ2n) is 8.55. The summed E-state index contributed by atoms with van der Waals surface area (Å²) in [6.45, 7) is 0.546. The zero-order chi connectivity index (χ0) is 23.1. The molecule has 0 radical (unpaired) electrons. The minimum atomic E-state index is -3.73. The molecule has 3 rings (SSSR count). The van der Waals surface area contributed by atoms with Gasteiger partial charge in [0.1, 0.15) is 11.3 Å². The van der Waals surface area contributed by atoms with Crippen LogP contribution in [-0.4, -0.2) is 69.4 Å². The van der Waals surface area contributed by atoms with E-state index >= 15 is 0 Å². The molecule has 0 unspecified atom stereocenters. The molecular weight excluding hydrogens is 432 g/mol. The molecule has 1 aromatic carbocycles. The van der Waals surface area contributed by atoms with Crippen LogP contribution in [0.3, 0.4) is 0 Å². The number of hydrogen-bond donors (Lipinski definition) is 0. The number of rotatable bonds is 7. The third kappa shape index (κ3) is 5.81. The Kier molecular flexibility index (Phi) is 8.53. The quantitative estimate of drug-likeness (QED) is 0.573. The largest absolute Gasteiger partial charge is 0.496 e. The number of likely N-dealkylation sites (N-methyl/N-ethyl adjacent to an activating group) is 1. The van der Waals surface area contributed by atoms with Gasteiger partial charge < -0.3 is 14.4 Å². The Hall–Kier alpha value is -2.13. The van der Waals surface area contributed by atoms with Crippen LogP contribution in [0.1, 0.15) is 68.1 Å². The van der Waals surface area contributed by atoms with Crippen molar-refractivity contribution in [3.8, 4) is 5.75 Å². The summed E-state index contributed by atoms with van der Waals surface area (Å²) in [5, 5.41) is 0. The Morgan fingerprint density at radius 3 is 2.28 bits per heavy atom. The van der Waals surface area contributed by atoms with Crippen LogP contribution in [0.25, 0.3) is 0 Å². The third-order valence-electron chi connectivity index (χ3n) is 6.44. The highest BCUT2D eigenvalue weighted by Crippen LogP contribution is 2.27. The van der Waals surface area contributed by atoms with Gasteiger partial charge in [0.05, 0.1) is 12.0 Å². The number of sulfonamides is 1. The van der Waals surface area contributed by atoms with E-state index in [4.69, 9.17) is 9.47 Å². The van der Waals surface area contributed by atoms with Crippen LogP contribution in [0, 0.1) is 0 Å². The highest BCUT2D eigenvalue weighted by Gasteiger charge is 2.28. The summed E-state index contributed by atoms with van der Waals surface area (Å²) in [6.07, 6.45) is 8.95. The molecule has 0 N–H and O–H groups in total. The van der Waals surface area contributed by atoms with Gasteiger partial charge in [0.15, 0.2) is 6.61 Å².